The molecule has 0 unspecified atom stereocenters. The summed E-state index contributed by atoms with van der Waals surface area (Å²) in [6.45, 7) is 0.779. The van der Waals surface area contributed by atoms with Gasteiger partial charge < -0.3 is 14.8 Å². The molecular weight excluding hydrogens is 470 g/mol. The third kappa shape index (κ3) is 5.93. The van der Waals surface area contributed by atoms with E-state index >= 15 is 0 Å². The second-order valence-corrected chi connectivity index (χ2v) is 10.4. The zero-order valence-electron chi connectivity index (χ0n) is 16.2. The first-order chi connectivity index (χ1) is 14.6. The lowest BCUT2D eigenvalue weighted by atomic mass is 10.3. The van der Waals surface area contributed by atoms with Crippen molar-refractivity contribution in [2.75, 3.05) is 38.2 Å². The van der Waals surface area contributed by atoms with Crippen LogP contribution < -0.4 is 15.2 Å². The molecule has 0 aromatic heterocycles. The van der Waals surface area contributed by atoms with Crippen molar-refractivity contribution in [3.05, 3.63) is 47.5 Å². The first-order valence-electron chi connectivity index (χ1n) is 9.00. The number of anilines is 1. The Kier molecular flexibility index (Phi) is 7.19. The Hall–Kier alpha value is -2.22. The molecule has 3 rings (SSSR count). The van der Waals surface area contributed by atoms with Gasteiger partial charge in [-0.1, -0.05) is 11.6 Å². The van der Waals surface area contributed by atoms with E-state index in [-0.39, 0.29) is 33.7 Å². The number of primary sulfonamides is 1. The van der Waals surface area contributed by atoms with Crippen LogP contribution >= 0.6 is 11.6 Å². The Morgan fingerprint density at radius 3 is 2.26 bits per heavy atom. The average molecular weight is 490 g/mol. The summed E-state index contributed by atoms with van der Waals surface area (Å²) in [5.41, 5.74) is 0.346. The van der Waals surface area contributed by atoms with Crippen molar-refractivity contribution in [2.24, 2.45) is 5.14 Å². The molecule has 2 aromatic carbocycles. The molecule has 0 spiro atoms. The molecule has 0 bridgehead atoms. The first-order valence-corrected chi connectivity index (χ1v) is 12.4. The molecule has 31 heavy (non-hydrogen) atoms. The van der Waals surface area contributed by atoms with E-state index in [4.69, 9.17) is 26.2 Å². The van der Waals surface area contributed by atoms with Gasteiger partial charge in [-0.3, -0.25) is 4.79 Å². The van der Waals surface area contributed by atoms with Gasteiger partial charge in [0, 0.05) is 18.8 Å². The van der Waals surface area contributed by atoms with Gasteiger partial charge in [0.15, 0.2) is 6.61 Å². The monoisotopic (exact) mass is 489 g/mol. The van der Waals surface area contributed by atoms with Crippen LogP contribution in [0.25, 0.3) is 0 Å². The van der Waals surface area contributed by atoms with Gasteiger partial charge in [-0.05, 0) is 42.5 Å². The molecule has 0 saturated carbocycles. The number of amides is 1. The van der Waals surface area contributed by atoms with Crippen molar-refractivity contribution >= 4 is 43.2 Å². The summed E-state index contributed by atoms with van der Waals surface area (Å²) < 4.78 is 59.7. The highest BCUT2D eigenvalue weighted by Gasteiger charge is 2.27. The van der Waals surface area contributed by atoms with Crippen molar-refractivity contribution in [1.82, 2.24) is 4.31 Å². The minimum Gasteiger partial charge on any atom is -0.482 e. The van der Waals surface area contributed by atoms with Crippen LogP contribution in [-0.4, -0.2) is 60.0 Å². The summed E-state index contributed by atoms with van der Waals surface area (Å²) in [5, 5.41) is 7.59. The lowest BCUT2D eigenvalue weighted by Gasteiger charge is -2.26. The quantitative estimate of drug-likeness (QED) is 0.590. The minimum atomic E-state index is -3.82. The second kappa shape index (κ2) is 9.51. The predicted octanol–water partition coefficient (Wildman–Crippen LogP) is 1.03. The number of nitrogens with one attached hydrogen (secondary N) is 1. The Labute approximate surface area is 185 Å². The maximum absolute atomic E-state index is 12.7. The first kappa shape index (κ1) is 23.4. The number of nitrogens with two attached hydrogens (primary N) is 1. The van der Waals surface area contributed by atoms with E-state index in [2.05, 4.69) is 5.32 Å². The Bertz CT molecular complexity index is 1160. The molecule has 168 valence electrons. The molecule has 1 fully saturated rings. The fourth-order valence-electron chi connectivity index (χ4n) is 2.76. The number of hydrogen-bond acceptors (Lipinski definition) is 7. The maximum Gasteiger partial charge on any atom is 0.262 e. The van der Waals surface area contributed by atoms with Crippen LogP contribution in [0.15, 0.2) is 52.3 Å². The molecule has 1 amide bonds. The predicted molar refractivity (Wildman–Crippen MR) is 113 cm³/mol. The fraction of sp³-hybridized carbons (Fsp3) is 0.278. The third-order valence-electron chi connectivity index (χ3n) is 4.34. The highest BCUT2D eigenvalue weighted by atomic mass is 35.5. The van der Waals surface area contributed by atoms with Crippen LogP contribution in [0.5, 0.6) is 5.75 Å². The summed E-state index contributed by atoms with van der Waals surface area (Å²) in [4.78, 5) is 12.0. The van der Waals surface area contributed by atoms with E-state index in [1.165, 1.54) is 46.8 Å². The molecule has 0 atom stereocenters. The third-order valence-corrected chi connectivity index (χ3v) is 7.46. The Balaban J connectivity index is 1.61. The van der Waals surface area contributed by atoms with Gasteiger partial charge in [0.05, 0.1) is 28.0 Å². The highest BCUT2D eigenvalue weighted by molar-refractivity contribution is 7.89. The van der Waals surface area contributed by atoms with Crippen LogP contribution in [0.4, 0.5) is 5.69 Å². The van der Waals surface area contributed by atoms with Gasteiger partial charge in [-0.25, -0.2) is 22.0 Å². The Morgan fingerprint density at radius 2 is 1.68 bits per heavy atom. The fourth-order valence-corrected chi connectivity index (χ4v) is 5.01. The van der Waals surface area contributed by atoms with Gasteiger partial charge >= 0.3 is 0 Å². The van der Waals surface area contributed by atoms with Gasteiger partial charge in [-0.15, -0.1) is 0 Å². The molecular formula is C18H20ClN3O7S2. The van der Waals surface area contributed by atoms with Crippen molar-refractivity contribution in [1.29, 1.82) is 0 Å². The summed E-state index contributed by atoms with van der Waals surface area (Å²) in [5.74, 6) is -0.383. The van der Waals surface area contributed by atoms with E-state index in [0.29, 0.717) is 18.9 Å². The summed E-state index contributed by atoms with van der Waals surface area (Å²) >= 11 is 6.15. The van der Waals surface area contributed by atoms with Crippen LogP contribution in [-0.2, 0) is 29.6 Å². The zero-order chi connectivity index (χ0) is 22.6. The van der Waals surface area contributed by atoms with E-state index in [1.807, 2.05) is 0 Å². The van der Waals surface area contributed by atoms with Crippen molar-refractivity contribution in [3.63, 3.8) is 0 Å². The minimum absolute atomic E-state index is 0.0196. The number of sulfonamides is 2. The number of carbonyl (C=O) groups is 1. The topological polar surface area (TPSA) is 145 Å². The maximum atomic E-state index is 12.7. The lowest BCUT2D eigenvalue weighted by molar-refractivity contribution is -0.118. The standard InChI is InChI=1S/C18H20ClN3O7S2/c19-16-11-15(31(26,27)22-7-9-28-10-8-22)5-6-17(16)29-12-18(23)21-13-1-3-14(4-2-13)30(20,24)25/h1-6,11H,7-10,12H2,(H,21,23)(H2,20,24,25). The largest absolute Gasteiger partial charge is 0.482 e. The molecule has 1 aliphatic rings. The second-order valence-electron chi connectivity index (χ2n) is 6.51. The van der Waals surface area contributed by atoms with Gasteiger partial charge in [-0.2, -0.15) is 4.31 Å². The summed E-state index contributed by atoms with van der Waals surface area (Å²) in [6, 6.07) is 9.30. The number of morpholine rings is 1. The van der Waals surface area contributed by atoms with Gasteiger partial charge in [0.25, 0.3) is 5.91 Å². The number of halogens is 1. The molecule has 1 heterocycles. The van der Waals surface area contributed by atoms with Crippen LogP contribution in [0, 0.1) is 0 Å². The molecule has 10 nitrogen and oxygen atoms in total. The number of nitrogens with zero attached hydrogens (tertiary/aromatic N) is 1. The summed E-state index contributed by atoms with van der Waals surface area (Å²) in [6.07, 6.45) is 0. The number of carbonyl (C=O) groups excluding carboxylic acids is 1. The molecule has 1 aliphatic heterocycles. The normalized spacial score (nSPS) is 15.4. The number of ether oxygens (including phenoxy) is 2. The van der Waals surface area contributed by atoms with Crippen LogP contribution in [0.1, 0.15) is 0 Å². The van der Waals surface area contributed by atoms with Crippen LogP contribution in [0.3, 0.4) is 0 Å². The van der Waals surface area contributed by atoms with E-state index < -0.39 is 32.6 Å². The van der Waals surface area contributed by atoms with Gasteiger partial charge in [0.2, 0.25) is 20.0 Å². The zero-order valence-corrected chi connectivity index (χ0v) is 18.5. The lowest BCUT2D eigenvalue weighted by Crippen LogP contribution is -2.40. The van der Waals surface area contributed by atoms with E-state index in [0.717, 1.165) is 0 Å². The highest BCUT2D eigenvalue weighted by Crippen LogP contribution is 2.29. The van der Waals surface area contributed by atoms with Crippen molar-refractivity contribution in [2.45, 2.75) is 9.79 Å². The van der Waals surface area contributed by atoms with Crippen molar-refractivity contribution < 1.29 is 31.1 Å². The molecule has 1 saturated heterocycles. The molecule has 0 aliphatic carbocycles. The number of benzene rings is 2. The van der Waals surface area contributed by atoms with E-state index in [9.17, 15) is 21.6 Å². The average Bonchev–Trinajstić information content (AvgIpc) is 2.73. The molecule has 2 aromatic rings. The molecule has 13 heteroatoms. The van der Waals surface area contributed by atoms with Crippen LogP contribution in [0.2, 0.25) is 5.02 Å². The number of rotatable bonds is 7. The van der Waals surface area contributed by atoms with E-state index in [1.54, 1.807) is 0 Å². The van der Waals surface area contributed by atoms with Gasteiger partial charge in [0.1, 0.15) is 5.75 Å². The summed E-state index contributed by atoms with van der Waals surface area (Å²) in [7, 11) is -7.53. The Morgan fingerprint density at radius 1 is 1.06 bits per heavy atom. The SMILES string of the molecule is NS(=O)(=O)c1ccc(NC(=O)COc2ccc(S(=O)(=O)N3CCOCC3)cc2Cl)cc1. The number of hydrogen-bond donors (Lipinski definition) is 2. The molecule has 3 N–H and O–H groups in total. The van der Waals surface area contributed by atoms with Crippen molar-refractivity contribution in [3.8, 4) is 5.75 Å². The molecule has 0 radical (unpaired) electrons. The smallest absolute Gasteiger partial charge is 0.262 e.